The lowest BCUT2D eigenvalue weighted by atomic mass is 10.0. The number of halogens is 1. The van der Waals surface area contributed by atoms with Gasteiger partial charge in [-0.1, -0.05) is 12.8 Å². The van der Waals surface area contributed by atoms with E-state index in [1.807, 2.05) is 4.90 Å². The zero-order valence-electron chi connectivity index (χ0n) is 14.6. The molecule has 1 aromatic rings. The van der Waals surface area contributed by atoms with E-state index in [1.54, 1.807) is 12.1 Å². The molecule has 2 N–H and O–H groups in total. The van der Waals surface area contributed by atoms with Gasteiger partial charge in [-0.05, 0) is 43.0 Å². The first-order valence-electron chi connectivity index (χ1n) is 9.27. The first kappa shape index (κ1) is 17.9. The minimum Gasteiger partial charge on any atom is -0.331 e. The van der Waals surface area contributed by atoms with Gasteiger partial charge in [0.2, 0.25) is 5.91 Å². The molecule has 1 aliphatic heterocycles. The Labute approximate surface area is 148 Å². The molecule has 0 unspecified atom stereocenters. The van der Waals surface area contributed by atoms with Gasteiger partial charge in [0.05, 0.1) is 26.2 Å². The second kappa shape index (κ2) is 8.43. The molecular weight excluding hydrogens is 321 g/mol. The molecule has 0 bridgehead atoms. The summed E-state index contributed by atoms with van der Waals surface area (Å²) in [5.74, 6) is 0.468. The number of hydrogen-bond acceptors (Lipinski definition) is 2. The van der Waals surface area contributed by atoms with E-state index < -0.39 is 0 Å². The van der Waals surface area contributed by atoms with Crippen LogP contribution in [0.5, 0.6) is 0 Å². The summed E-state index contributed by atoms with van der Waals surface area (Å²) in [5.41, 5.74) is 0.608. The summed E-state index contributed by atoms with van der Waals surface area (Å²) in [6, 6.07) is 5.78. The lowest BCUT2D eigenvalue weighted by Gasteiger charge is -2.32. The van der Waals surface area contributed by atoms with E-state index >= 15 is 0 Å². The van der Waals surface area contributed by atoms with E-state index in [-0.39, 0.29) is 17.6 Å². The molecule has 6 heteroatoms. The highest BCUT2D eigenvalue weighted by molar-refractivity contribution is 5.91. The van der Waals surface area contributed by atoms with Crippen LogP contribution in [0.1, 0.15) is 32.1 Å². The molecule has 2 amide bonds. The van der Waals surface area contributed by atoms with Crippen LogP contribution in [-0.4, -0.2) is 49.4 Å². The number of hydrogen-bond donors (Lipinski definition) is 2. The summed E-state index contributed by atoms with van der Waals surface area (Å²) in [5, 5.41) is 2.79. The maximum absolute atomic E-state index is 12.9. The minimum atomic E-state index is -0.318. The van der Waals surface area contributed by atoms with Crippen LogP contribution < -0.4 is 10.2 Å². The molecule has 2 aliphatic rings. The number of rotatable bonds is 5. The molecule has 0 aromatic heterocycles. The van der Waals surface area contributed by atoms with Crippen LogP contribution in [-0.2, 0) is 9.59 Å². The molecule has 25 heavy (non-hydrogen) atoms. The van der Waals surface area contributed by atoms with E-state index in [0.29, 0.717) is 24.6 Å². The minimum absolute atomic E-state index is 0.0765. The first-order chi connectivity index (χ1) is 12.1. The number of benzene rings is 1. The normalized spacial score (nSPS) is 19.2. The smallest absolute Gasteiger partial charge is 0.279 e. The summed E-state index contributed by atoms with van der Waals surface area (Å²) < 4.78 is 12.9. The van der Waals surface area contributed by atoms with Gasteiger partial charge in [0.25, 0.3) is 5.91 Å². The summed E-state index contributed by atoms with van der Waals surface area (Å²) in [6.45, 7) is 3.43. The zero-order valence-corrected chi connectivity index (χ0v) is 14.6. The lowest BCUT2D eigenvalue weighted by Crippen LogP contribution is -3.15. The SMILES string of the molecule is O=C(C[NH+]1CCN(C(=O)CC2CCCC2)CC1)Nc1ccc(F)cc1. The molecule has 1 aromatic carbocycles. The third-order valence-electron chi connectivity index (χ3n) is 5.30. The second-order valence-electron chi connectivity index (χ2n) is 7.22. The van der Waals surface area contributed by atoms with Crippen LogP contribution in [0.4, 0.5) is 10.1 Å². The molecule has 136 valence electrons. The van der Waals surface area contributed by atoms with Gasteiger partial charge in [-0.3, -0.25) is 9.59 Å². The molecule has 1 saturated carbocycles. The zero-order chi connectivity index (χ0) is 17.6. The van der Waals surface area contributed by atoms with Crippen molar-refractivity contribution in [3.8, 4) is 0 Å². The van der Waals surface area contributed by atoms with Gasteiger partial charge in [-0.25, -0.2) is 4.39 Å². The third kappa shape index (κ3) is 5.26. The number of carbonyl (C=O) groups is 2. The van der Waals surface area contributed by atoms with Crippen molar-refractivity contribution in [2.45, 2.75) is 32.1 Å². The highest BCUT2D eigenvalue weighted by Crippen LogP contribution is 2.27. The summed E-state index contributed by atoms with van der Waals surface area (Å²) in [4.78, 5) is 27.6. The van der Waals surface area contributed by atoms with Crippen LogP contribution in [0, 0.1) is 11.7 Å². The quantitative estimate of drug-likeness (QED) is 0.836. The number of amides is 2. The fraction of sp³-hybridized carbons (Fsp3) is 0.579. The molecule has 3 rings (SSSR count). The van der Waals surface area contributed by atoms with Crippen molar-refractivity contribution in [3.63, 3.8) is 0 Å². The largest absolute Gasteiger partial charge is 0.331 e. The van der Waals surface area contributed by atoms with Gasteiger partial charge < -0.3 is 15.1 Å². The Hall–Kier alpha value is -1.95. The Bertz CT molecular complexity index is 591. The average molecular weight is 348 g/mol. The number of nitrogens with zero attached hydrogens (tertiary/aromatic N) is 1. The van der Waals surface area contributed by atoms with Crippen molar-refractivity contribution in [3.05, 3.63) is 30.1 Å². The number of anilines is 1. The Morgan fingerprint density at radius 2 is 1.76 bits per heavy atom. The van der Waals surface area contributed by atoms with Crippen LogP contribution in [0.2, 0.25) is 0 Å². The van der Waals surface area contributed by atoms with Crippen molar-refractivity contribution in [1.29, 1.82) is 0 Å². The number of piperazine rings is 1. The number of nitrogens with one attached hydrogen (secondary N) is 2. The number of quaternary nitrogens is 1. The predicted octanol–water partition coefficient (Wildman–Crippen LogP) is 1.07. The topological polar surface area (TPSA) is 53.9 Å². The fourth-order valence-electron chi connectivity index (χ4n) is 3.81. The van der Waals surface area contributed by atoms with Crippen LogP contribution in [0.15, 0.2) is 24.3 Å². The Morgan fingerprint density at radius 1 is 1.12 bits per heavy atom. The van der Waals surface area contributed by atoms with Gasteiger partial charge in [-0.2, -0.15) is 0 Å². The Balaban J connectivity index is 1.38. The van der Waals surface area contributed by atoms with E-state index in [2.05, 4.69) is 5.32 Å². The second-order valence-corrected chi connectivity index (χ2v) is 7.22. The highest BCUT2D eigenvalue weighted by Gasteiger charge is 2.27. The lowest BCUT2D eigenvalue weighted by molar-refractivity contribution is -0.895. The summed E-state index contributed by atoms with van der Waals surface area (Å²) in [6.07, 6.45) is 5.61. The fourth-order valence-corrected chi connectivity index (χ4v) is 3.81. The van der Waals surface area contributed by atoms with Crippen LogP contribution in [0.25, 0.3) is 0 Å². The molecule has 0 spiro atoms. The van der Waals surface area contributed by atoms with Crippen molar-refractivity contribution in [1.82, 2.24) is 4.90 Å². The van der Waals surface area contributed by atoms with Gasteiger partial charge in [0.1, 0.15) is 5.82 Å². The summed E-state index contributed by atoms with van der Waals surface area (Å²) in [7, 11) is 0. The molecule has 0 atom stereocenters. The monoisotopic (exact) mass is 348 g/mol. The van der Waals surface area contributed by atoms with Crippen molar-refractivity contribution in [2.24, 2.45) is 5.92 Å². The van der Waals surface area contributed by atoms with E-state index in [9.17, 15) is 14.0 Å². The molecule has 1 heterocycles. The van der Waals surface area contributed by atoms with Gasteiger partial charge >= 0.3 is 0 Å². The standard InChI is InChI=1S/C19H26FN3O2/c20-16-5-7-17(8-6-16)21-18(24)14-22-9-11-23(12-10-22)19(25)13-15-3-1-2-4-15/h5-8,15H,1-4,9-14H2,(H,21,24)/p+1. The predicted molar refractivity (Wildman–Crippen MR) is 93.7 cm³/mol. The first-order valence-corrected chi connectivity index (χ1v) is 9.27. The molecule has 5 nitrogen and oxygen atoms in total. The molecule has 1 saturated heterocycles. The Kier molecular flexibility index (Phi) is 6.02. The van der Waals surface area contributed by atoms with Crippen LogP contribution in [0.3, 0.4) is 0 Å². The highest BCUT2D eigenvalue weighted by atomic mass is 19.1. The Morgan fingerprint density at radius 3 is 2.40 bits per heavy atom. The van der Waals surface area contributed by atoms with E-state index in [0.717, 1.165) is 26.2 Å². The molecule has 2 fully saturated rings. The molecule has 1 aliphatic carbocycles. The molecular formula is C19H27FN3O2+. The van der Waals surface area contributed by atoms with Crippen molar-refractivity contribution < 1.29 is 18.9 Å². The number of carbonyl (C=O) groups excluding carboxylic acids is 2. The van der Waals surface area contributed by atoms with Gasteiger partial charge in [0, 0.05) is 12.1 Å². The van der Waals surface area contributed by atoms with Gasteiger partial charge in [-0.15, -0.1) is 0 Å². The van der Waals surface area contributed by atoms with Gasteiger partial charge in [0.15, 0.2) is 6.54 Å². The summed E-state index contributed by atoms with van der Waals surface area (Å²) >= 11 is 0. The van der Waals surface area contributed by atoms with Crippen molar-refractivity contribution >= 4 is 17.5 Å². The van der Waals surface area contributed by atoms with E-state index in [4.69, 9.17) is 0 Å². The maximum Gasteiger partial charge on any atom is 0.279 e. The van der Waals surface area contributed by atoms with Crippen LogP contribution >= 0.6 is 0 Å². The average Bonchev–Trinajstić information content (AvgIpc) is 3.10. The van der Waals surface area contributed by atoms with Crippen molar-refractivity contribution in [2.75, 3.05) is 38.0 Å². The maximum atomic E-state index is 12.9. The molecule has 0 radical (unpaired) electrons. The van der Waals surface area contributed by atoms with E-state index in [1.165, 1.54) is 42.7 Å². The third-order valence-corrected chi connectivity index (χ3v) is 5.30.